The Kier molecular flexibility index (Phi) is 7.15. The van der Waals surface area contributed by atoms with Crippen molar-refractivity contribution in [1.82, 2.24) is 31.5 Å². The van der Waals surface area contributed by atoms with Gasteiger partial charge in [0.15, 0.2) is 0 Å². The van der Waals surface area contributed by atoms with Crippen molar-refractivity contribution in [3.05, 3.63) is 0 Å². The molecule has 0 amide bonds. The fourth-order valence-corrected chi connectivity index (χ4v) is 6.29. The van der Waals surface area contributed by atoms with E-state index in [1.165, 1.54) is 12.8 Å². The van der Waals surface area contributed by atoms with Gasteiger partial charge in [-0.25, -0.2) is 4.39 Å². The molecule has 0 radical (unpaired) electrons. The van der Waals surface area contributed by atoms with E-state index in [9.17, 15) is 4.39 Å². The summed E-state index contributed by atoms with van der Waals surface area (Å²) in [5.74, 6) is 1.39. The lowest BCUT2D eigenvalue weighted by molar-refractivity contribution is -0.158. The minimum Gasteiger partial charge on any atom is -0.375 e. The molecule has 5 N–H and O–H groups in total. The van der Waals surface area contributed by atoms with Gasteiger partial charge < -0.3 is 15.4 Å². The average molecular weight is 439 g/mol. The molecule has 0 aromatic carbocycles. The summed E-state index contributed by atoms with van der Waals surface area (Å²) in [5, 5.41) is 18.5. The number of alkyl halides is 1. The van der Waals surface area contributed by atoms with Gasteiger partial charge in [0.05, 0.1) is 24.1 Å². The van der Waals surface area contributed by atoms with E-state index in [1.54, 1.807) is 0 Å². The lowest BCUT2D eigenvalue weighted by Crippen LogP contribution is -2.72. The van der Waals surface area contributed by atoms with Crippen LogP contribution in [0.1, 0.15) is 51.4 Å². The number of methoxy groups -OCH3 is 1. The molecule has 3 saturated heterocycles. The van der Waals surface area contributed by atoms with Gasteiger partial charge in [0.1, 0.15) is 6.17 Å². The maximum atomic E-state index is 13.5. The normalized spacial score (nSPS) is 41.6. The van der Waals surface area contributed by atoms with Crippen LogP contribution >= 0.6 is 0 Å². The molecule has 5 aliphatic rings. The Labute approximate surface area is 187 Å². The summed E-state index contributed by atoms with van der Waals surface area (Å²) in [5.41, 5.74) is 0.122. The lowest BCUT2D eigenvalue weighted by atomic mass is 9.84. The number of halogens is 1. The van der Waals surface area contributed by atoms with Crippen LogP contribution in [0.3, 0.4) is 0 Å². The first kappa shape index (κ1) is 22.4. The average Bonchev–Trinajstić information content (AvgIpc) is 3.60. The first-order valence-electron chi connectivity index (χ1n) is 12.8. The molecule has 4 atom stereocenters. The molecule has 3 aliphatic heterocycles. The Bertz CT molecular complexity index is 572. The molecule has 8 heteroatoms. The number of rotatable bonds is 8. The van der Waals surface area contributed by atoms with Crippen LogP contribution in [0.5, 0.6) is 0 Å². The van der Waals surface area contributed by atoms with Gasteiger partial charge in [-0.3, -0.25) is 20.9 Å². The highest BCUT2D eigenvalue weighted by atomic mass is 19.1. The van der Waals surface area contributed by atoms with Crippen LogP contribution in [0, 0.1) is 11.8 Å². The number of hydrogen-bond acceptors (Lipinski definition) is 7. The molecule has 31 heavy (non-hydrogen) atoms. The van der Waals surface area contributed by atoms with Gasteiger partial charge >= 0.3 is 0 Å². The van der Waals surface area contributed by atoms with Crippen LogP contribution in [0.25, 0.3) is 0 Å². The Morgan fingerprint density at radius 1 is 1.00 bits per heavy atom. The minimum absolute atomic E-state index is 0.122. The standard InChI is InChI=1S/C23H43FN6O/c1-31-23(17-4-5-17)14-30(15-23)19-10-20(27-12-16-2-6-18(24)7-3-16)28-21(11-19)29-22-13-25-8-9-26-22/h16-22,25-29H,2-15H2,1H3. The highest BCUT2D eigenvalue weighted by molar-refractivity contribution is 5.09. The van der Waals surface area contributed by atoms with Crippen molar-refractivity contribution in [2.24, 2.45) is 11.8 Å². The number of likely N-dealkylation sites (tertiary alicyclic amines) is 1. The fourth-order valence-electron chi connectivity index (χ4n) is 6.29. The molecule has 0 bridgehead atoms. The molecule has 0 aromatic heterocycles. The van der Waals surface area contributed by atoms with E-state index in [0.717, 1.165) is 83.7 Å². The molecular weight excluding hydrogens is 395 g/mol. The molecular formula is C23H43FN6O. The highest BCUT2D eigenvalue weighted by Crippen LogP contribution is 2.47. The van der Waals surface area contributed by atoms with Crippen LogP contribution in [0.2, 0.25) is 0 Å². The zero-order valence-corrected chi connectivity index (χ0v) is 19.2. The number of nitrogens with zero attached hydrogens (tertiary/aromatic N) is 1. The second-order valence-corrected chi connectivity index (χ2v) is 10.7. The quantitative estimate of drug-likeness (QED) is 0.383. The minimum atomic E-state index is -0.572. The van der Waals surface area contributed by atoms with Crippen LogP contribution < -0.4 is 26.6 Å². The van der Waals surface area contributed by atoms with Crippen molar-refractivity contribution in [2.45, 2.75) is 87.7 Å². The first-order valence-corrected chi connectivity index (χ1v) is 12.8. The number of hydrogen-bond donors (Lipinski definition) is 5. The number of ether oxygens (including phenoxy) is 1. The second-order valence-electron chi connectivity index (χ2n) is 10.7. The maximum absolute atomic E-state index is 13.5. The third kappa shape index (κ3) is 5.42. The molecule has 5 rings (SSSR count). The third-order valence-corrected chi connectivity index (χ3v) is 8.48. The highest BCUT2D eigenvalue weighted by Gasteiger charge is 2.55. The molecule has 3 heterocycles. The van der Waals surface area contributed by atoms with E-state index < -0.39 is 6.17 Å². The predicted molar refractivity (Wildman–Crippen MR) is 120 cm³/mol. The summed E-state index contributed by atoms with van der Waals surface area (Å²) in [4.78, 5) is 2.66. The zero-order valence-electron chi connectivity index (χ0n) is 19.2. The van der Waals surface area contributed by atoms with Crippen molar-refractivity contribution in [3.63, 3.8) is 0 Å². The number of piperazine rings is 1. The van der Waals surface area contributed by atoms with Gasteiger partial charge in [-0.05, 0) is 69.7 Å². The van der Waals surface area contributed by atoms with Gasteiger partial charge in [-0.2, -0.15) is 0 Å². The molecule has 4 unspecified atom stereocenters. The molecule has 7 nitrogen and oxygen atoms in total. The van der Waals surface area contributed by atoms with E-state index in [0.29, 0.717) is 24.3 Å². The molecule has 2 saturated carbocycles. The summed E-state index contributed by atoms with van der Waals surface area (Å²) in [6, 6.07) is 0.566. The Balaban J connectivity index is 1.16. The van der Waals surface area contributed by atoms with E-state index in [2.05, 4.69) is 31.5 Å². The van der Waals surface area contributed by atoms with Crippen molar-refractivity contribution < 1.29 is 9.13 Å². The Morgan fingerprint density at radius 2 is 1.77 bits per heavy atom. The maximum Gasteiger partial charge on any atom is 0.100 e. The van der Waals surface area contributed by atoms with Crippen LogP contribution in [-0.4, -0.2) is 87.6 Å². The van der Waals surface area contributed by atoms with Crippen molar-refractivity contribution in [2.75, 3.05) is 46.4 Å². The van der Waals surface area contributed by atoms with Crippen molar-refractivity contribution in [3.8, 4) is 0 Å². The monoisotopic (exact) mass is 438 g/mol. The third-order valence-electron chi connectivity index (χ3n) is 8.48. The SMILES string of the molecule is COC1(C2CC2)CN(C2CC(NCC3CCC(F)CC3)NC(NC3CNCCN3)C2)C1. The Hall–Kier alpha value is -0.350. The summed E-state index contributed by atoms with van der Waals surface area (Å²) in [7, 11) is 1.90. The van der Waals surface area contributed by atoms with E-state index in [4.69, 9.17) is 4.74 Å². The summed E-state index contributed by atoms with van der Waals surface area (Å²) in [6.07, 6.45) is 8.77. The predicted octanol–water partition coefficient (Wildman–Crippen LogP) is 0.728. The second kappa shape index (κ2) is 9.87. The van der Waals surface area contributed by atoms with Crippen LogP contribution in [0.15, 0.2) is 0 Å². The van der Waals surface area contributed by atoms with Crippen molar-refractivity contribution in [1.29, 1.82) is 0 Å². The van der Waals surface area contributed by atoms with E-state index >= 15 is 0 Å². The zero-order chi connectivity index (χ0) is 21.3. The molecule has 2 aliphatic carbocycles. The van der Waals surface area contributed by atoms with Gasteiger partial charge in [0, 0.05) is 45.9 Å². The smallest absolute Gasteiger partial charge is 0.100 e. The fraction of sp³-hybridized carbons (Fsp3) is 1.00. The van der Waals surface area contributed by atoms with Gasteiger partial charge in [0.25, 0.3) is 0 Å². The van der Waals surface area contributed by atoms with Gasteiger partial charge in [-0.15, -0.1) is 0 Å². The number of nitrogens with one attached hydrogen (secondary N) is 5. The molecule has 5 fully saturated rings. The topological polar surface area (TPSA) is 72.6 Å². The Morgan fingerprint density at radius 3 is 2.45 bits per heavy atom. The molecule has 178 valence electrons. The van der Waals surface area contributed by atoms with Gasteiger partial charge in [0.2, 0.25) is 0 Å². The van der Waals surface area contributed by atoms with Crippen LogP contribution in [-0.2, 0) is 4.74 Å². The summed E-state index contributed by atoms with van der Waals surface area (Å²) < 4.78 is 19.5. The van der Waals surface area contributed by atoms with Gasteiger partial charge in [-0.1, -0.05) is 0 Å². The summed E-state index contributed by atoms with van der Waals surface area (Å²) >= 11 is 0. The molecule has 0 spiro atoms. The number of piperidine rings is 1. The summed E-state index contributed by atoms with van der Waals surface area (Å²) in [6.45, 7) is 6.18. The van der Waals surface area contributed by atoms with E-state index in [-0.39, 0.29) is 11.8 Å². The lowest BCUT2D eigenvalue weighted by Gasteiger charge is -2.55. The molecule has 0 aromatic rings. The van der Waals surface area contributed by atoms with Crippen LogP contribution in [0.4, 0.5) is 4.39 Å². The largest absolute Gasteiger partial charge is 0.375 e. The first-order chi connectivity index (χ1) is 15.1. The van der Waals surface area contributed by atoms with E-state index in [1.807, 2.05) is 7.11 Å². The van der Waals surface area contributed by atoms with Crippen molar-refractivity contribution >= 4 is 0 Å².